The maximum Gasteiger partial charge on any atom is 0.243 e. The number of halogens is 1. The number of carbonyl (C=O) groups is 1. The highest BCUT2D eigenvalue weighted by Gasteiger charge is 2.19. The third-order valence-corrected chi connectivity index (χ3v) is 4.46. The smallest absolute Gasteiger partial charge is 0.243 e. The van der Waals surface area contributed by atoms with Crippen molar-refractivity contribution in [3.05, 3.63) is 52.5 Å². The topological polar surface area (TPSA) is 41.6 Å². The molecule has 2 aromatic rings. The number of rotatable bonds is 4. The number of nitrogens with zero attached hydrogens (tertiary/aromatic N) is 1. The fourth-order valence-corrected chi connectivity index (χ4v) is 3.28. The van der Waals surface area contributed by atoms with Gasteiger partial charge in [0.1, 0.15) is 5.75 Å². The summed E-state index contributed by atoms with van der Waals surface area (Å²) in [6.07, 6.45) is 2.13. The zero-order valence-corrected chi connectivity index (χ0v) is 14.7. The molecule has 0 spiro atoms. The standard InChI is InChI=1S/C19H21ClN2O2/c1-13-5-7-17-14(10-13)4-3-9-22(17)12-19(23)21-16-11-15(20)6-8-18(16)24-2/h5-8,10-11H,3-4,9,12H2,1-2H3,(H,21,23). The Morgan fingerprint density at radius 1 is 1.29 bits per heavy atom. The van der Waals surface area contributed by atoms with E-state index in [0.29, 0.717) is 23.0 Å². The molecule has 3 rings (SSSR count). The maximum atomic E-state index is 12.5. The molecule has 0 radical (unpaired) electrons. The molecule has 0 saturated heterocycles. The van der Waals surface area contributed by atoms with E-state index in [1.807, 2.05) is 0 Å². The van der Waals surface area contributed by atoms with Crippen LogP contribution in [0, 0.1) is 6.92 Å². The largest absolute Gasteiger partial charge is 0.495 e. The van der Waals surface area contributed by atoms with Gasteiger partial charge >= 0.3 is 0 Å². The first-order valence-electron chi connectivity index (χ1n) is 8.04. The van der Waals surface area contributed by atoms with Crippen LogP contribution in [0.4, 0.5) is 11.4 Å². The number of nitrogens with one attached hydrogen (secondary N) is 1. The minimum Gasteiger partial charge on any atom is -0.495 e. The van der Waals surface area contributed by atoms with E-state index in [4.69, 9.17) is 16.3 Å². The van der Waals surface area contributed by atoms with Crippen molar-refractivity contribution in [3.8, 4) is 5.75 Å². The van der Waals surface area contributed by atoms with E-state index >= 15 is 0 Å². The molecule has 1 amide bonds. The summed E-state index contributed by atoms with van der Waals surface area (Å²) in [5.41, 5.74) is 4.31. The number of carbonyl (C=O) groups excluding carboxylic acids is 1. The van der Waals surface area contributed by atoms with Gasteiger partial charge in [0.2, 0.25) is 5.91 Å². The first-order valence-corrected chi connectivity index (χ1v) is 8.42. The molecule has 4 nitrogen and oxygen atoms in total. The molecule has 1 N–H and O–H groups in total. The lowest BCUT2D eigenvalue weighted by Gasteiger charge is -2.31. The van der Waals surface area contributed by atoms with Crippen molar-refractivity contribution in [3.63, 3.8) is 0 Å². The number of ether oxygens (including phenoxy) is 1. The molecule has 0 bridgehead atoms. The van der Waals surface area contributed by atoms with Gasteiger partial charge in [-0.05, 0) is 49.6 Å². The van der Waals surface area contributed by atoms with E-state index < -0.39 is 0 Å². The van der Waals surface area contributed by atoms with Crippen LogP contribution in [0.15, 0.2) is 36.4 Å². The van der Waals surface area contributed by atoms with Crippen LogP contribution < -0.4 is 15.0 Å². The van der Waals surface area contributed by atoms with E-state index in [9.17, 15) is 4.79 Å². The number of benzene rings is 2. The molecule has 126 valence electrons. The van der Waals surface area contributed by atoms with Gasteiger partial charge in [0.05, 0.1) is 19.3 Å². The number of anilines is 2. The fraction of sp³-hybridized carbons (Fsp3) is 0.316. The summed E-state index contributed by atoms with van der Waals surface area (Å²) in [5, 5.41) is 3.46. The Labute approximate surface area is 147 Å². The van der Waals surface area contributed by atoms with Crippen LogP contribution in [-0.2, 0) is 11.2 Å². The van der Waals surface area contributed by atoms with Gasteiger partial charge in [0.15, 0.2) is 0 Å². The Morgan fingerprint density at radius 2 is 2.12 bits per heavy atom. The average molecular weight is 345 g/mol. The summed E-state index contributed by atoms with van der Waals surface area (Å²) >= 11 is 6.01. The van der Waals surface area contributed by atoms with Crippen molar-refractivity contribution < 1.29 is 9.53 Å². The fourth-order valence-electron chi connectivity index (χ4n) is 3.11. The monoisotopic (exact) mass is 344 g/mol. The number of methoxy groups -OCH3 is 1. The number of hydrogen-bond donors (Lipinski definition) is 1. The van der Waals surface area contributed by atoms with E-state index in [0.717, 1.165) is 25.1 Å². The predicted molar refractivity (Wildman–Crippen MR) is 98.3 cm³/mol. The highest BCUT2D eigenvalue weighted by molar-refractivity contribution is 6.31. The van der Waals surface area contributed by atoms with Crippen molar-refractivity contribution in [2.75, 3.05) is 30.4 Å². The predicted octanol–water partition coefficient (Wildman–Crippen LogP) is 4.05. The van der Waals surface area contributed by atoms with Crippen molar-refractivity contribution in [1.82, 2.24) is 0 Å². The molecule has 0 atom stereocenters. The maximum absolute atomic E-state index is 12.5. The number of hydrogen-bond acceptors (Lipinski definition) is 3. The van der Waals surface area contributed by atoms with Crippen LogP contribution in [-0.4, -0.2) is 26.1 Å². The minimum absolute atomic E-state index is 0.0796. The molecule has 1 heterocycles. The molecule has 0 fully saturated rings. The molecule has 0 aromatic heterocycles. The van der Waals surface area contributed by atoms with Crippen LogP contribution >= 0.6 is 11.6 Å². The van der Waals surface area contributed by atoms with Gasteiger partial charge in [0.25, 0.3) is 0 Å². The van der Waals surface area contributed by atoms with Gasteiger partial charge in [-0.3, -0.25) is 4.79 Å². The van der Waals surface area contributed by atoms with Gasteiger partial charge < -0.3 is 15.0 Å². The summed E-state index contributed by atoms with van der Waals surface area (Å²) in [7, 11) is 1.57. The SMILES string of the molecule is COc1ccc(Cl)cc1NC(=O)CN1CCCc2cc(C)ccc21. The second-order valence-corrected chi connectivity index (χ2v) is 6.49. The second-order valence-electron chi connectivity index (χ2n) is 6.05. The Balaban J connectivity index is 1.74. The lowest BCUT2D eigenvalue weighted by atomic mass is 9.99. The summed E-state index contributed by atoms with van der Waals surface area (Å²) < 4.78 is 5.27. The van der Waals surface area contributed by atoms with Gasteiger partial charge in [0, 0.05) is 17.3 Å². The average Bonchev–Trinajstić information content (AvgIpc) is 2.55. The van der Waals surface area contributed by atoms with Gasteiger partial charge in [-0.2, -0.15) is 0 Å². The molecule has 0 unspecified atom stereocenters. The highest BCUT2D eigenvalue weighted by atomic mass is 35.5. The van der Waals surface area contributed by atoms with E-state index in [-0.39, 0.29) is 5.91 Å². The lowest BCUT2D eigenvalue weighted by Crippen LogP contribution is -2.36. The van der Waals surface area contributed by atoms with Crippen molar-refractivity contribution >= 4 is 28.9 Å². The minimum atomic E-state index is -0.0796. The van der Waals surface area contributed by atoms with Gasteiger partial charge in [-0.1, -0.05) is 29.3 Å². The van der Waals surface area contributed by atoms with E-state index in [2.05, 4.69) is 35.3 Å². The number of aryl methyl sites for hydroxylation is 2. The first-order chi connectivity index (χ1) is 11.6. The number of amides is 1. The zero-order chi connectivity index (χ0) is 17.1. The van der Waals surface area contributed by atoms with Crippen molar-refractivity contribution in [2.24, 2.45) is 0 Å². The number of fused-ring (bicyclic) bond motifs is 1. The lowest BCUT2D eigenvalue weighted by molar-refractivity contribution is -0.115. The molecule has 1 aliphatic heterocycles. The molecule has 24 heavy (non-hydrogen) atoms. The second kappa shape index (κ2) is 7.14. The summed E-state index contributed by atoms with van der Waals surface area (Å²) in [5.74, 6) is 0.520. The Hall–Kier alpha value is -2.20. The van der Waals surface area contributed by atoms with Crippen LogP contribution in [0.5, 0.6) is 5.75 Å². The molecule has 0 aliphatic carbocycles. The zero-order valence-electron chi connectivity index (χ0n) is 13.9. The van der Waals surface area contributed by atoms with Gasteiger partial charge in [-0.15, -0.1) is 0 Å². The molecular formula is C19H21ClN2O2. The Morgan fingerprint density at radius 3 is 2.92 bits per heavy atom. The quantitative estimate of drug-likeness (QED) is 0.909. The van der Waals surface area contributed by atoms with Crippen LogP contribution in [0.25, 0.3) is 0 Å². The normalized spacial score (nSPS) is 13.4. The van der Waals surface area contributed by atoms with E-state index in [1.165, 1.54) is 11.1 Å². The third-order valence-electron chi connectivity index (χ3n) is 4.22. The van der Waals surface area contributed by atoms with Crippen LogP contribution in [0.2, 0.25) is 5.02 Å². The first kappa shape index (κ1) is 16.7. The van der Waals surface area contributed by atoms with Crippen molar-refractivity contribution in [2.45, 2.75) is 19.8 Å². The molecule has 1 aliphatic rings. The summed E-state index contributed by atoms with van der Waals surface area (Å²) in [4.78, 5) is 14.6. The molecule has 2 aromatic carbocycles. The summed E-state index contributed by atoms with van der Waals surface area (Å²) in [6.45, 7) is 3.29. The third kappa shape index (κ3) is 3.65. The van der Waals surface area contributed by atoms with Crippen LogP contribution in [0.3, 0.4) is 0 Å². The molecule has 5 heteroatoms. The Bertz CT molecular complexity index is 761. The highest BCUT2D eigenvalue weighted by Crippen LogP contribution is 2.29. The van der Waals surface area contributed by atoms with Crippen molar-refractivity contribution in [1.29, 1.82) is 0 Å². The van der Waals surface area contributed by atoms with Gasteiger partial charge in [-0.25, -0.2) is 0 Å². The van der Waals surface area contributed by atoms with E-state index in [1.54, 1.807) is 25.3 Å². The van der Waals surface area contributed by atoms with Crippen LogP contribution in [0.1, 0.15) is 17.5 Å². The molecule has 0 saturated carbocycles. The summed E-state index contributed by atoms with van der Waals surface area (Å²) in [6, 6.07) is 11.6. The Kier molecular flexibility index (Phi) is 4.95. The molecular weight excluding hydrogens is 324 g/mol.